The monoisotopic (exact) mass is 170 g/mol. The molecular formula is C8H14N2S. The van der Waals surface area contributed by atoms with Gasteiger partial charge in [-0.1, -0.05) is 19.8 Å². The van der Waals surface area contributed by atoms with Gasteiger partial charge in [0.25, 0.3) is 0 Å². The van der Waals surface area contributed by atoms with Crippen molar-refractivity contribution in [3.05, 3.63) is 10.9 Å². The van der Waals surface area contributed by atoms with E-state index in [-0.39, 0.29) is 0 Å². The van der Waals surface area contributed by atoms with Gasteiger partial charge in [-0.05, 0) is 6.42 Å². The zero-order valence-corrected chi connectivity index (χ0v) is 7.66. The Morgan fingerprint density at radius 1 is 1.55 bits per heavy atom. The van der Waals surface area contributed by atoms with E-state index >= 15 is 0 Å². The smallest absolute Gasteiger partial charge is 0.136 e. The highest BCUT2D eigenvalue weighted by molar-refractivity contribution is 7.07. The maximum absolute atomic E-state index is 4.12. The second kappa shape index (κ2) is 5.13. The summed E-state index contributed by atoms with van der Waals surface area (Å²) in [6.45, 7) is 3.26. The van der Waals surface area contributed by atoms with Crippen LogP contribution in [0.5, 0.6) is 0 Å². The minimum absolute atomic E-state index is 1.02. The van der Waals surface area contributed by atoms with Crippen LogP contribution < -0.4 is 5.32 Å². The molecule has 0 aliphatic heterocycles. The highest BCUT2D eigenvalue weighted by Gasteiger charge is 1.90. The van der Waals surface area contributed by atoms with Crippen molar-refractivity contribution in [1.82, 2.24) is 4.98 Å². The van der Waals surface area contributed by atoms with Gasteiger partial charge in [0, 0.05) is 11.9 Å². The second-order valence-electron chi connectivity index (χ2n) is 2.51. The predicted molar refractivity (Wildman–Crippen MR) is 50.1 cm³/mol. The Hall–Kier alpha value is -0.570. The Morgan fingerprint density at radius 2 is 2.45 bits per heavy atom. The van der Waals surface area contributed by atoms with Crippen LogP contribution >= 0.6 is 11.3 Å². The number of hydrogen-bond acceptors (Lipinski definition) is 3. The van der Waals surface area contributed by atoms with Gasteiger partial charge in [0.05, 0.1) is 5.51 Å². The quantitative estimate of drug-likeness (QED) is 0.687. The number of thiazole rings is 1. The summed E-state index contributed by atoms with van der Waals surface area (Å²) in [5.41, 5.74) is 1.85. The summed E-state index contributed by atoms with van der Waals surface area (Å²) in [6.07, 6.45) is 3.82. The fourth-order valence-corrected chi connectivity index (χ4v) is 1.40. The predicted octanol–water partition coefficient (Wildman–Crippen LogP) is 2.75. The summed E-state index contributed by atoms with van der Waals surface area (Å²) in [4.78, 5) is 4.12. The van der Waals surface area contributed by atoms with Crippen LogP contribution in [-0.2, 0) is 0 Å². The lowest BCUT2D eigenvalue weighted by Gasteiger charge is -2.00. The Morgan fingerprint density at radius 3 is 3.09 bits per heavy atom. The third kappa shape index (κ3) is 3.37. The molecule has 62 valence electrons. The summed E-state index contributed by atoms with van der Waals surface area (Å²) in [5, 5.41) is 5.29. The van der Waals surface area contributed by atoms with Crippen molar-refractivity contribution in [3.63, 3.8) is 0 Å². The van der Waals surface area contributed by atoms with Crippen molar-refractivity contribution in [1.29, 1.82) is 0 Å². The molecule has 1 aromatic heterocycles. The molecule has 0 fully saturated rings. The lowest BCUT2D eigenvalue weighted by Crippen LogP contribution is -2.00. The number of aromatic nitrogens is 1. The van der Waals surface area contributed by atoms with Crippen molar-refractivity contribution < 1.29 is 0 Å². The van der Waals surface area contributed by atoms with Crippen LogP contribution in [0.3, 0.4) is 0 Å². The normalized spacial score (nSPS) is 9.91. The van der Waals surface area contributed by atoms with Gasteiger partial charge >= 0.3 is 0 Å². The van der Waals surface area contributed by atoms with Crippen molar-refractivity contribution in [2.24, 2.45) is 0 Å². The first kappa shape index (κ1) is 8.53. The van der Waals surface area contributed by atoms with E-state index in [2.05, 4.69) is 17.2 Å². The third-order valence-electron chi connectivity index (χ3n) is 1.52. The zero-order valence-electron chi connectivity index (χ0n) is 6.84. The largest absolute Gasteiger partial charge is 0.369 e. The molecular weight excluding hydrogens is 156 g/mol. The summed E-state index contributed by atoms with van der Waals surface area (Å²) >= 11 is 1.63. The molecule has 0 aliphatic carbocycles. The Balaban J connectivity index is 2.04. The third-order valence-corrected chi connectivity index (χ3v) is 2.11. The molecule has 1 rings (SSSR count). The Kier molecular flexibility index (Phi) is 3.98. The summed E-state index contributed by atoms with van der Waals surface area (Å²) in [7, 11) is 0. The number of unbranched alkanes of at least 4 members (excludes halogenated alkanes) is 2. The molecule has 1 N–H and O–H groups in total. The van der Waals surface area contributed by atoms with Crippen molar-refractivity contribution >= 4 is 17.2 Å². The second-order valence-corrected chi connectivity index (χ2v) is 3.23. The molecule has 0 spiro atoms. The zero-order chi connectivity index (χ0) is 7.94. The van der Waals surface area contributed by atoms with Gasteiger partial charge < -0.3 is 5.32 Å². The van der Waals surface area contributed by atoms with Crippen LogP contribution in [0.25, 0.3) is 0 Å². The maximum atomic E-state index is 4.12. The standard InChI is InChI=1S/C8H14N2S/c1-2-3-4-5-9-8-6-11-7-10-8/h6-7,9H,2-5H2,1H3. The number of hydrogen-bond donors (Lipinski definition) is 1. The number of rotatable bonds is 5. The molecule has 0 aromatic carbocycles. The molecule has 0 saturated carbocycles. The van der Waals surface area contributed by atoms with E-state index in [0.717, 1.165) is 12.4 Å². The Bertz CT molecular complexity index is 172. The summed E-state index contributed by atoms with van der Waals surface area (Å²) in [6, 6.07) is 0. The van der Waals surface area contributed by atoms with Gasteiger partial charge in [0.15, 0.2) is 0 Å². The van der Waals surface area contributed by atoms with Gasteiger partial charge in [0.1, 0.15) is 5.82 Å². The molecule has 2 nitrogen and oxygen atoms in total. The fraction of sp³-hybridized carbons (Fsp3) is 0.625. The average molecular weight is 170 g/mol. The van der Waals surface area contributed by atoms with E-state index in [1.807, 2.05) is 10.9 Å². The number of anilines is 1. The van der Waals surface area contributed by atoms with Gasteiger partial charge in [-0.2, -0.15) is 0 Å². The lowest BCUT2D eigenvalue weighted by atomic mass is 10.2. The highest BCUT2D eigenvalue weighted by Crippen LogP contribution is 2.06. The molecule has 0 aliphatic rings. The van der Waals surface area contributed by atoms with Gasteiger partial charge in [0.2, 0.25) is 0 Å². The van der Waals surface area contributed by atoms with Crippen molar-refractivity contribution in [2.75, 3.05) is 11.9 Å². The molecule has 1 aromatic rings. The van der Waals surface area contributed by atoms with Gasteiger partial charge in [-0.3, -0.25) is 0 Å². The van der Waals surface area contributed by atoms with E-state index < -0.39 is 0 Å². The highest BCUT2D eigenvalue weighted by atomic mass is 32.1. The first-order valence-corrected chi connectivity index (χ1v) is 5.00. The van der Waals surface area contributed by atoms with Gasteiger partial charge in [-0.25, -0.2) is 4.98 Å². The lowest BCUT2D eigenvalue weighted by molar-refractivity contribution is 0.742. The molecule has 0 unspecified atom stereocenters. The van der Waals surface area contributed by atoms with Crippen LogP contribution in [0.2, 0.25) is 0 Å². The molecule has 0 bridgehead atoms. The van der Waals surface area contributed by atoms with Crippen LogP contribution in [0.4, 0.5) is 5.82 Å². The molecule has 0 saturated heterocycles. The summed E-state index contributed by atoms with van der Waals surface area (Å²) < 4.78 is 0. The van der Waals surface area contributed by atoms with Crippen molar-refractivity contribution in [3.8, 4) is 0 Å². The molecule has 0 amide bonds. The van der Waals surface area contributed by atoms with E-state index in [0.29, 0.717) is 0 Å². The topological polar surface area (TPSA) is 24.9 Å². The molecule has 0 atom stereocenters. The number of nitrogens with zero attached hydrogens (tertiary/aromatic N) is 1. The van der Waals surface area contributed by atoms with Crippen LogP contribution in [0.15, 0.2) is 10.9 Å². The molecule has 11 heavy (non-hydrogen) atoms. The van der Waals surface area contributed by atoms with E-state index in [9.17, 15) is 0 Å². The van der Waals surface area contributed by atoms with Crippen molar-refractivity contribution in [2.45, 2.75) is 26.2 Å². The van der Waals surface area contributed by atoms with Gasteiger partial charge in [-0.15, -0.1) is 11.3 Å². The van der Waals surface area contributed by atoms with E-state index in [1.165, 1.54) is 19.3 Å². The molecule has 1 heterocycles. The van der Waals surface area contributed by atoms with Crippen LogP contribution in [0.1, 0.15) is 26.2 Å². The fourth-order valence-electron chi connectivity index (χ4n) is 0.891. The minimum Gasteiger partial charge on any atom is -0.369 e. The molecule has 0 radical (unpaired) electrons. The number of nitrogens with one attached hydrogen (secondary N) is 1. The SMILES string of the molecule is CCCCCNc1cscn1. The first-order valence-electron chi connectivity index (χ1n) is 4.05. The maximum Gasteiger partial charge on any atom is 0.136 e. The van der Waals surface area contributed by atoms with Crippen LogP contribution in [-0.4, -0.2) is 11.5 Å². The van der Waals surface area contributed by atoms with Crippen LogP contribution in [0, 0.1) is 0 Å². The summed E-state index contributed by atoms with van der Waals surface area (Å²) in [5.74, 6) is 1.02. The molecule has 3 heteroatoms. The van der Waals surface area contributed by atoms with E-state index in [4.69, 9.17) is 0 Å². The first-order chi connectivity index (χ1) is 5.43. The Labute approximate surface area is 71.7 Å². The minimum atomic E-state index is 1.02. The van der Waals surface area contributed by atoms with E-state index in [1.54, 1.807) is 11.3 Å². The average Bonchev–Trinajstić information content (AvgIpc) is 2.50.